The molecule has 3 aromatic rings. The van der Waals surface area contributed by atoms with Gasteiger partial charge in [0, 0.05) is 67.5 Å². The van der Waals surface area contributed by atoms with Crippen molar-refractivity contribution in [3.8, 4) is 0 Å². The number of aromatic nitrogens is 1. The number of carbonyl (C=O) groups is 2. The summed E-state index contributed by atoms with van der Waals surface area (Å²) < 4.78 is 2.16. The van der Waals surface area contributed by atoms with Crippen molar-refractivity contribution in [1.82, 2.24) is 14.4 Å². The lowest BCUT2D eigenvalue weighted by atomic mass is 10.1. The highest BCUT2D eigenvalue weighted by atomic mass is 16.2. The normalized spacial score (nSPS) is 14.9. The van der Waals surface area contributed by atoms with Crippen molar-refractivity contribution >= 4 is 33.6 Å². The highest BCUT2D eigenvalue weighted by Gasteiger charge is 2.20. The molecule has 0 N–H and O–H groups in total. The van der Waals surface area contributed by atoms with Gasteiger partial charge in [-0.3, -0.25) is 9.59 Å². The van der Waals surface area contributed by atoms with Crippen molar-refractivity contribution in [1.29, 1.82) is 0 Å². The first kappa shape index (κ1) is 17.6. The lowest BCUT2D eigenvalue weighted by Crippen LogP contribution is -2.41. The SMILES string of the molecule is CN(CCN1CCCCC1=O)C(=O)c1ccc2c(c1)c1ccccc1n2C. The third kappa shape index (κ3) is 3.18. The predicted octanol–water partition coefficient (Wildman–Crippen LogP) is 3.42. The van der Waals surface area contributed by atoms with Gasteiger partial charge in [0.15, 0.2) is 0 Å². The number of piperidine rings is 1. The molecule has 5 heteroatoms. The molecular formula is C22H25N3O2. The Hall–Kier alpha value is -2.82. The van der Waals surface area contributed by atoms with E-state index in [4.69, 9.17) is 0 Å². The van der Waals surface area contributed by atoms with Crippen molar-refractivity contribution in [3.05, 3.63) is 48.0 Å². The van der Waals surface area contributed by atoms with Gasteiger partial charge < -0.3 is 14.4 Å². The number of benzene rings is 2. The topological polar surface area (TPSA) is 45.6 Å². The summed E-state index contributed by atoms with van der Waals surface area (Å²) in [6.45, 7) is 1.97. The van der Waals surface area contributed by atoms with E-state index < -0.39 is 0 Å². The molecule has 0 unspecified atom stereocenters. The average Bonchev–Trinajstić information content (AvgIpc) is 2.99. The first-order chi connectivity index (χ1) is 13.1. The van der Waals surface area contributed by atoms with Crippen LogP contribution in [0.2, 0.25) is 0 Å². The lowest BCUT2D eigenvalue weighted by Gasteiger charge is -2.28. The average molecular weight is 363 g/mol. The molecule has 1 aliphatic rings. The zero-order valence-corrected chi connectivity index (χ0v) is 15.9. The van der Waals surface area contributed by atoms with E-state index in [1.54, 1.807) is 4.90 Å². The van der Waals surface area contributed by atoms with Gasteiger partial charge in [-0.25, -0.2) is 0 Å². The molecule has 27 heavy (non-hydrogen) atoms. The fourth-order valence-electron chi connectivity index (χ4n) is 3.99. The molecule has 0 radical (unpaired) electrons. The molecule has 0 spiro atoms. The minimum absolute atomic E-state index is 0.00528. The van der Waals surface area contributed by atoms with E-state index in [2.05, 4.69) is 16.7 Å². The summed E-state index contributed by atoms with van der Waals surface area (Å²) in [5, 5.41) is 2.25. The fraction of sp³-hybridized carbons (Fsp3) is 0.364. The molecule has 0 atom stereocenters. The van der Waals surface area contributed by atoms with Crippen LogP contribution in [0.25, 0.3) is 21.8 Å². The van der Waals surface area contributed by atoms with E-state index in [0.717, 1.165) is 41.2 Å². The molecule has 1 saturated heterocycles. The van der Waals surface area contributed by atoms with Crippen molar-refractivity contribution < 1.29 is 9.59 Å². The zero-order valence-electron chi connectivity index (χ0n) is 15.9. The summed E-state index contributed by atoms with van der Waals surface area (Å²) in [5.74, 6) is 0.202. The number of rotatable bonds is 4. The summed E-state index contributed by atoms with van der Waals surface area (Å²) in [4.78, 5) is 28.4. The molecule has 140 valence electrons. The van der Waals surface area contributed by atoms with Gasteiger partial charge in [0.2, 0.25) is 5.91 Å². The maximum absolute atomic E-state index is 12.9. The second kappa shape index (κ2) is 7.06. The highest BCUT2D eigenvalue weighted by Crippen LogP contribution is 2.28. The second-order valence-electron chi connectivity index (χ2n) is 7.37. The summed E-state index contributed by atoms with van der Waals surface area (Å²) in [7, 11) is 3.86. The third-order valence-corrected chi connectivity index (χ3v) is 5.63. The summed E-state index contributed by atoms with van der Waals surface area (Å²) in [5.41, 5.74) is 2.97. The highest BCUT2D eigenvalue weighted by molar-refractivity contribution is 6.10. The Bertz CT molecular complexity index is 1020. The Morgan fingerprint density at radius 1 is 1.07 bits per heavy atom. The van der Waals surface area contributed by atoms with E-state index in [9.17, 15) is 9.59 Å². The lowest BCUT2D eigenvalue weighted by molar-refractivity contribution is -0.133. The number of aryl methyl sites for hydroxylation is 1. The molecule has 0 saturated carbocycles. The Morgan fingerprint density at radius 3 is 2.67 bits per heavy atom. The molecule has 2 aromatic carbocycles. The standard InChI is InChI=1S/C22H25N3O2/c1-23(13-14-25-12-6-5-9-21(25)26)22(27)16-10-11-20-18(15-16)17-7-3-4-8-19(17)24(20)2/h3-4,7-8,10-11,15H,5-6,9,12-14H2,1-2H3. The minimum atomic E-state index is -0.00528. The number of nitrogens with zero attached hydrogens (tertiary/aromatic N) is 3. The summed E-state index contributed by atoms with van der Waals surface area (Å²) in [6.07, 6.45) is 2.67. The van der Waals surface area contributed by atoms with E-state index in [0.29, 0.717) is 25.1 Å². The number of likely N-dealkylation sites (N-methyl/N-ethyl adjacent to an activating group) is 1. The number of amides is 2. The zero-order chi connectivity index (χ0) is 19.0. The Balaban J connectivity index is 1.55. The molecule has 2 amide bonds. The number of hydrogen-bond donors (Lipinski definition) is 0. The molecule has 1 fully saturated rings. The van der Waals surface area contributed by atoms with Crippen LogP contribution in [0, 0.1) is 0 Å². The first-order valence-corrected chi connectivity index (χ1v) is 9.56. The van der Waals surface area contributed by atoms with Gasteiger partial charge in [0.1, 0.15) is 0 Å². The molecule has 0 bridgehead atoms. The van der Waals surface area contributed by atoms with Gasteiger partial charge in [-0.15, -0.1) is 0 Å². The van der Waals surface area contributed by atoms with E-state index >= 15 is 0 Å². The van der Waals surface area contributed by atoms with Crippen LogP contribution in [0.5, 0.6) is 0 Å². The predicted molar refractivity (Wildman–Crippen MR) is 108 cm³/mol. The van der Waals surface area contributed by atoms with Gasteiger partial charge in [-0.05, 0) is 37.1 Å². The quantitative estimate of drug-likeness (QED) is 0.713. The fourth-order valence-corrected chi connectivity index (χ4v) is 3.99. The third-order valence-electron chi connectivity index (χ3n) is 5.63. The smallest absolute Gasteiger partial charge is 0.253 e. The summed E-state index contributed by atoms with van der Waals surface area (Å²) in [6, 6.07) is 14.1. The van der Waals surface area contributed by atoms with Crippen molar-refractivity contribution in [3.63, 3.8) is 0 Å². The van der Waals surface area contributed by atoms with Crippen LogP contribution in [0.3, 0.4) is 0 Å². The van der Waals surface area contributed by atoms with Crippen LogP contribution in [0.15, 0.2) is 42.5 Å². The van der Waals surface area contributed by atoms with Crippen LogP contribution in [0.4, 0.5) is 0 Å². The van der Waals surface area contributed by atoms with Crippen LogP contribution < -0.4 is 0 Å². The van der Waals surface area contributed by atoms with Gasteiger partial charge in [-0.1, -0.05) is 18.2 Å². The Morgan fingerprint density at radius 2 is 1.85 bits per heavy atom. The second-order valence-corrected chi connectivity index (χ2v) is 7.37. The van der Waals surface area contributed by atoms with Crippen molar-refractivity contribution in [2.45, 2.75) is 19.3 Å². The van der Waals surface area contributed by atoms with Crippen LogP contribution in [0.1, 0.15) is 29.6 Å². The van der Waals surface area contributed by atoms with Crippen LogP contribution >= 0.6 is 0 Å². The molecule has 1 aromatic heterocycles. The number of para-hydroxylation sites is 1. The Labute approximate surface area is 159 Å². The summed E-state index contributed by atoms with van der Waals surface area (Å²) >= 11 is 0. The first-order valence-electron chi connectivity index (χ1n) is 9.56. The number of fused-ring (bicyclic) bond motifs is 3. The largest absolute Gasteiger partial charge is 0.344 e. The number of hydrogen-bond acceptors (Lipinski definition) is 2. The maximum Gasteiger partial charge on any atom is 0.253 e. The molecule has 0 aliphatic carbocycles. The van der Waals surface area contributed by atoms with Gasteiger partial charge >= 0.3 is 0 Å². The van der Waals surface area contributed by atoms with Gasteiger partial charge in [0.05, 0.1) is 0 Å². The van der Waals surface area contributed by atoms with Crippen LogP contribution in [-0.2, 0) is 11.8 Å². The molecule has 2 heterocycles. The van der Waals surface area contributed by atoms with E-state index in [1.807, 2.05) is 49.3 Å². The molecule has 5 nitrogen and oxygen atoms in total. The van der Waals surface area contributed by atoms with E-state index in [1.165, 1.54) is 0 Å². The monoisotopic (exact) mass is 363 g/mol. The maximum atomic E-state index is 12.9. The Kier molecular flexibility index (Phi) is 4.60. The molecule has 1 aliphatic heterocycles. The van der Waals surface area contributed by atoms with Gasteiger partial charge in [-0.2, -0.15) is 0 Å². The number of carbonyl (C=O) groups excluding carboxylic acids is 2. The molecular weight excluding hydrogens is 338 g/mol. The van der Waals surface area contributed by atoms with E-state index in [-0.39, 0.29) is 11.8 Å². The van der Waals surface area contributed by atoms with Crippen molar-refractivity contribution in [2.24, 2.45) is 7.05 Å². The van der Waals surface area contributed by atoms with Crippen LogP contribution in [-0.4, -0.2) is 52.9 Å². The van der Waals surface area contributed by atoms with Gasteiger partial charge in [0.25, 0.3) is 5.91 Å². The molecule has 4 rings (SSSR count). The number of likely N-dealkylation sites (tertiary alicyclic amines) is 1. The minimum Gasteiger partial charge on any atom is -0.344 e. The van der Waals surface area contributed by atoms with Crippen molar-refractivity contribution in [2.75, 3.05) is 26.7 Å².